The second-order valence-electron chi connectivity index (χ2n) is 3.83. The number of hydrogen-bond donors (Lipinski definition) is 0. The Morgan fingerprint density at radius 1 is 1.28 bits per heavy atom. The van der Waals surface area contributed by atoms with Crippen LogP contribution in [0.4, 0.5) is 5.69 Å². The fraction of sp³-hybridized carbons (Fsp3) is 0.500. The van der Waals surface area contributed by atoms with Gasteiger partial charge in [-0.3, -0.25) is 0 Å². The van der Waals surface area contributed by atoms with Crippen molar-refractivity contribution in [1.82, 2.24) is 0 Å². The molecule has 2 rings (SSSR count). The zero-order chi connectivity index (χ0) is 13.5. The minimum absolute atomic E-state index is 0.531. The lowest BCUT2D eigenvalue weighted by Crippen LogP contribution is -2.36. The summed E-state index contributed by atoms with van der Waals surface area (Å²) >= 11 is 6.07. The van der Waals surface area contributed by atoms with Crippen molar-refractivity contribution < 1.29 is 4.74 Å². The van der Waals surface area contributed by atoms with Crippen molar-refractivity contribution in [3.63, 3.8) is 0 Å². The van der Waals surface area contributed by atoms with Crippen molar-refractivity contribution >= 4 is 17.3 Å². The molecule has 98 valence electrons. The molecule has 1 fully saturated rings. The van der Waals surface area contributed by atoms with Crippen LogP contribution >= 0.6 is 11.6 Å². The Morgan fingerprint density at radius 2 is 1.89 bits per heavy atom. The molecule has 0 atom stereocenters. The predicted octanol–water partition coefficient (Wildman–Crippen LogP) is 3.38. The highest BCUT2D eigenvalue weighted by atomic mass is 35.5. The lowest BCUT2D eigenvalue weighted by Gasteiger charge is -2.29. The number of hydrogen-bond acceptors (Lipinski definition) is 3. The average Bonchev–Trinajstić information content (AvgIpc) is 2.41. The molecule has 1 aromatic carbocycles. The van der Waals surface area contributed by atoms with Crippen molar-refractivity contribution in [3.05, 3.63) is 28.3 Å². The van der Waals surface area contributed by atoms with Gasteiger partial charge in [-0.1, -0.05) is 25.4 Å². The molecule has 1 aliphatic rings. The van der Waals surface area contributed by atoms with E-state index >= 15 is 0 Å². The Bertz CT molecular complexity index is 411. The van der Waals surface area contributed by atoms with Crippen LogP contribution in [-0.2, 0) is 4.74 Å². The van der Waals surface area contributed by atoms with Gasteiger partial charge in [-0.2, -0.15) is 5.26 Å². The molecule has 0 aliphatic carbocycles. The maximum absolute atomic E-state index is 8.93. The molecule has 0 bridgehead atoms. The summed E-state index contributed by atoms with van der Waals surface area (Å²) in [6.45, 7) is 9.16. The van der Waals surface area contributed by atoms with Crippen molar-refractivity contribution in [1.29, 1.82) is 5.26 Å². The number of aryl methyl sites for hydroxylation is 1. The third-order valence-electron chi connectivity index (χ3n) is 2.76. The summed E-state index contributed by atoms with van der Waals surface area (Å²) in [5.41, 5.74) is 2.57. The molecule has 0 N–H and O–H groups in total. The molecular formula is C14H19ClN2O. The summed E-state index contributed by atoms with van der Waals surface area (Å²) < 4.78 is 5.30. The SMILES string of the molecule is CC.Cc1cc(N2CCOCC2)cc(Cl)c1C#N. The van der Waals surface area contributed by atoms with Crippen LogP contribution in [0.3, 0.4) is 0 Å². The van der Waals surface area contributed by atoms with Gasteiger partial charge in [0.15, 0.2) is 0 Å². The van der Waals surface area contributed by atoms with Crippen molar-refractivity contribution in [2.75, 3.05) is 31.2 Å². The third-order valence-corrected chi connectivity index (χ3v) is 3.06. The maximum atomic E-state index is 8.93. The summed E-state index contributed by atoms with van der Waals surface area (Å²) in [5, 5.41) is 9.46. The van der Waals surface area contributed by atoms with E-state index in [4.69, 9.17) is 21.6 Å². The minimum atomic E-state index is 0.531. The van der Waals surface area contributed by atoms with E-state index in [0.717, 1.165) is 37.6 Å². The van der Waals surface area contributed by atoms with E-state index < -0.39 is 0 Å². The monoisotopic (exact) mass is 266 g/mol. The van der Waals surface area contributed by atoms with E-state index in [1.807, 2.05) is 32.9 Å². The van der Waals surface area contributed by atoms with E-state index in [1.54, 1.807) is 0 Å². The lowest BCUT2D eigenvalue weighted by molar-refractivity contribution is 0.122. The van der Waals surface area contributed by atoms with Crippen molar-refractivity contribution in [2.24, 2.45) is 0 Å². The Labute approximate surface area is 114 Å². The smallest absolute Gasteiger partial charge is 0.101 e. The topological polar surface area (TPSA) is 36.3 Å². The van der Waals surface area contributed by atoms with Crippen LogP contribution in [0, 0.1) is 18.3 Å². The molecule has 0 amide bonds. The number of nitrogens with zero attached hydrogens (tertiary/aromatic N) is 2. The number of nitriles is 1. The first-order chi connectivity index (χ1) is 8.72. The highest BCUT2D eigenvalue weighted by Gasteiger charge is 2.14. The molecular weight excluding hydrogens is 248 g/mol. The van der Waals surface area contributed by atoms with Gasteiger partial charge in [-0.25, -0.2) is 0 Å². The molecule has 18 heavy (non-hydrogen) atoms. The molecule has 0 saturated carbocycles. The number of halogens is 1. The van der Waals surface area contributed by atoms with Crippen LogP contribution < -0.4 is 4.90 Å². The lowest BCUT2D eigenvalue weighted by atomic mass is 10.1. The molecule has 3 nitrogen and oxygen atoms in total. The first-order valence-corrected chi connectivity index (χ1v) is 6.63. The highest BCUT2D eigenvalue weighted by Crippen LogP contribution is 2.27. The second kappa shape index (κ2) is 7.25. The molecule has 0 aromatic heterocycles. The van der Waals surface area contributed by atoms with Gasteiger partial charge in [0.1, 0.15) is 6.07 Å². The third kappa shape index (κ3) is 3.38. The number of ether oxygens (including phenoxy) is 1. The van der Waals surface area contributed by atoms with Gasteiger partial charge >= 0.3 is 0 Å². The highest BCUT2D eigenvalue weighted by molar-refractivity contribution is 6.32. The fourth-order valence-electron chi connectivity index (χ4n) is 1.87. The van der Waals surface area contributed by atoms with Gasteiger partial charge < -0.3 is 9.64 Å². The number of rotatable bonds is 1. The largest absolute Gasteiger partial charge is 0.378 e. The first-order valence-electron chi connectivity index (χ1n) is 6.25. The molecule has 1 aromatic rings. The molecule has 0 radical (unpaired) electrons. The number of morpholine rings is 1. The second-order valence-corrected chi connectivity index (χ2v) is 4.24. The summed E-state index contributed by atoms with van der Waals surface area (Å²) in [6, 6.07) is 5.99. The Hall–Kier alpha value is -1.24. The van der Waals surface area contributed by atoms with Crippen LogP contribution in [0.2, 0.25) is 5.02 Å². The molecule has 1 heterocycles. The normalized spacial score (nSPS) is 14.5. The molecule has 4 heteroatoms. The molecule has 1 aliphatic heterocycles. The molecule has 0 unspecified atom stereocenters. The molecule has 0 spiro atoms. The summed E-state index contributed by atoms with van der Waals surface area (Å²) in [6.07, 6.45) is 0. The van der Waals surface area contributed by atoms with Gasteiger partial charge in [-0.05, 0) is 24.6 Å². The van der Waals surface area contributed by atoms with Gasteiger partial charge in [0.05, 0.1) is 23.8 Å². The fourth-order valence-corrected chi connectivity index (χ4v) is 2.17. The minimum Gasteiger partial charge on any atom is -0.378 e. The van der Waals surface area contributed by atoms with Crippen molar-refractivity contribution in [2.45, 2.75) is 20.8 Å². The van der Waals surface area contributed by atoms with E-state index in [9.17, 15) is 0 Å². The average molecular weight is 267 g/mol. The standard InChI is InChI=1S/C12H13ClN2O.C2H6/c1-9-6-10(7-12(13)11(9)8-14)15-2-4-16-5-3-15;1-2/h6-7H,2-5H2,1H3;1-2H3. The van der Waals surface area contributed by atoms with Crippen molar-refractivity contribution in [3.8, 4) is 6.07 Å². The van der Waals surface area contributed by atoms with Gasteiger partial charge in [0.2, 0.25) is 0 Å². The van der Waals surface area contributed by atoms with Crippen LogP contribution in [0.5, 0.6) is 0 Å². The maximum Gasteiger partial charge on any atom is 0.101 e. The Morgan fingerprint density at radius 3 is 2.39 bits per heavy atom. The van der Waals surface area contributed by atoms with Crippen LogP contribution in [-0.4, -0.2) is 26.3 Å². The predicted molar refractivity (Wildman–Crippen MR) is 75.3 cm³/mol. The van der Waals surface area contributed by atoms with E-state index in [0.29, 0.717) is 10.6 Å². The van der Waals surface area contributed by atoms with Crippen LogP contribution in [0.1, 0.15) is 25.0 Å². The van der Waals surface area contributed by atoms with E-state index in [1.165, 1.54) is 0 Å². The summed E-state index contributed by atoms with van der Waals surface area (Å²) in [5.74, 6) is 0. The van der Waals surface area contributed by atoms with Crippen LogP contribution in [0.25, 0.3) is 0 Å². The van der Waals surface area contributed by atoms with Gasteiger partial charge in [0.25, 0.3) is 0 Å². The zero-order valence-corrected chi connectivity index (χ0v) is 11.9. The summed E-state index contributed by atoms with van der Waals surface area (Å²) in [7, 11) is 0. The number of benzene rings is 1. The Kier molecular flexibility index (Phi) is 5.97. The van der Waals surface area contributed by atoms with Gasteiger partial charge in [-0.15, -0.1) is 0 Å². The quantitative estimate of drug-likeness (QED) is 0.782. The number of anilines is 1. The van der Waals surface area contributed by atoms with E-state index in [2.05, 4.69) is 11.0 Å². The Balaban J connectivity index is 0.000000771. The molecule has 1 saturated heterocycles. The van der Waals surface area contributed by atoms with E-state index in [-0.39, 0.29) is 0 Å². The first kappa shape index (κ1) is 14.8. The van der Waals surface area contributed by atoms with Gasteiger partial charge in [0, 0.05) is 18.8 Å². The summed E-state index contributed by atoms with van der Waals surface area (Å²) in [4.78, 5) is 2.23. The zero-order valence-electron chi connectivity index (χ0n) is 11.2. The van der Waals surface area contributed by atoms with Crippen LogP contribution in [0.15, 0.2) is 12.1 Å².